The molecule has 0 aromatic heterocycles. The quantitative estimate of drug-likeness (QED) is 0.464. The molecule has 0 N–H and O–H groups in total. The van der Waals surface area contributed by atoms with E-state index in [1.807, 2.05) is 30.3 Å². The van der Waals surface area contributed by atoms with E-state index in [-0.39, 0.29) is 24.3 Å². The molecule has 4 amide bonds. The molecule has 0 saturated carbocycles. The van der Waals surface area contributed by atoms with Crippen LogP contribution in [0, 0.1) is 0 Å². The first-order chi connectivity index (χ1) is 20.5. The number of esters is 1. The van der Waals surface area contributed by atoms with Crippen molar-refractivity contribution < 1.29 is 33.4 Å². The SMILES string of the molecule is CC(C)(C)OC(=O)N1CCCC1C(=O)N1CCCC1C(=O)N1CCCC1C(=O)N1CCCC1C(=O)OCc1ccccc1. The number of ether oxygens (including phenoxy) is 2. The van der Waals surface area contributed by atoms with E-state index in [4.69, 9.17) is 9.47 Å². The molecule has 4 aliphatic heterocycles. The highest BCUT2D eigenvalue weighted by Gasteiger charge is 2.48. The number of hydrogen-bond donors (Lipinski definition) is 0. The number of benzene rings is 1. The first kappa shape index (κ1) is 30.8. The molecular formula is C32H44N4O7. The van der Waals surface area contributed by atoms with Gasteiger partial charge in [-0.25, -0.2) is 9.59 Å². The fraction of sp³-hybridized carbons (Fsp3) is 0.656. The highest BCUT2D eigenvalue weighted by Crippen LogP contribution is 2.31. The molecular weight excluding hydrogens is 552 g/mol. The zero-order valence-corrected chi connectivity index (χ0v) is 25.5. The molecule has 4 aliphatic rings. The average Bonchev–Trinajstić information content (AvgIpc) is 3.80. The van der Waals surface area contributed by atoms with Crippen molar-refractivity contribution in [3.05, 3.63) is 35.9 Å². The van der Waals surface area contributed by atoms with Crippen LogP contribution in [0.25, 0.3) is 0 Å². The molecule has 0 aliphatic carbocycles. The predicted molar refractivity (Wildman–Crippen MR) is 156 cm³/mol. The van der Waals surface area contributed by atoms with E-state index in [0.717, 1.165) is 5.56 Å². The van der Waals surface area contributed by atoms with Crippen LogP contribution in [0.5, 0.6) is 0 Å². The number of carbonyl (C=O) groups excluding carboxylic acids is 5. The van der Waals surface area contributed by atoms with Gasteiger partial charge in [0.2, 0.25) is 17.7 Å². The molecule has 0 radical (unpaired) electrons. The highest BCUT2D eigenvalue weighted by molar-refractivity contribution is 5.96. The average molecular weight is 597 g/mol. The lowest BCUT2D eigenvalue weighted by Gasteiger charge is -2.35. The van der Waals surface area contributed by atoms with Gasteiger partial charge in [-0.1, -0.05) is 30.3 Å². The van der Waals surface area contributed by atoms with Crippen LogP contribution in [0.3, 0.4) is 0 Å². The Morgan fingerprint density at radius 1 is 0.651 bits per heavy atom. The Hall–Kier alpha value is -3.63. The minimum Gasteiger partial charge on any atom is -0.459 e. The van der Waals surface area contributed by atoms with Crippen molar-refractivity contribution in [2.24, 2.45) is 0 Å². The van der Waals surface area contributed by atoms with Crippen molar-refractivity contribution >= 4 is 29.8 Å². The van der Waals surface area contributed by atoms with Crippen molar-refractivity contribution in [2.75, 3.05) is 26.2 Å². The second kappa shape index (κ2) is 12.9. The molecule has 43 heavy (non-hydrogen) atoms. The zero-order valence-electron chi connectivity index (χ0n) is 25.5. The van der Waals surface area contributed by atoms with Crippen LogP contribution in [0.2, 0.25) is 0 Å². The maximum atomic E-state index is 13.9. The summed E-state index contributed by atoms with van der Waals surface area (Å²) in [5, 5.41) is 0. The van der Waals surface area contributed by atoms with Gasteiger partial charge in [-0.2, -0.15) is 0 Å². The normalized spacial score (nSPS) is 25.7. The van der Waals surface area contributed by atoms with Crippen molar-refractivity contribution in [3.63, 3.8) is 0 Å². The lowest BCUT2D eigenvalue weighted by molar-refractivity contribution is -0.157. The second-order valence-electron chi connectivity index (χ2n) is 13.0. The predicted octanol–water partition coefficient (Wildman–Crippen LogP) is 3.10. The van der Waals surface area contributed by atoms with Gasteiger partial charge in [-0.15, -0.1) is 0 Å². The summed E-state index contributed by atoms with van der Waals surface area (Å²) < 4.78 is 11.1. The summed E-state index contributed by atoms with van der Waals surface area (Å²) in [6.07, 6.45) is 4.30. The summed E-state index contributed by atoms with van der Waals surface area (Å²) in [6, 6.07) is 6.74. The van der Waals surface area contributed by atoms with Crippen LogP contribution in [0.4, 0.5) is 4.79 Å². The fourth-order valence-corrected chi connectivity index (χ4v) is 6.81. The van der Waals surface area contributed by atoms with Crippen molar-refractivity contribution in [2.45, 2.75) is 109 Å². The van der Waals surface area contributed by atoms with Gasteiger partial charge < -0.3 is 24.2 Å². The third kappa shape index (κ3) is 6.80. The number of amides is 4. The van der Waals surface area contributed by atoms with Crippen LogP contribution < -0.4 is 0 Å². The molecule has 4 saturated heterocycles. The summed E-state index contributed by atoms with van der Waals surface area (Å²) >= 11 is 0. The Morgan fingerprint density at radius 2 is 1.07 bits per heavy atom. The maximum Gasteiger partial charge on any atom is 0.410 e. The summed E-state index contributed by atoms with van der Waals surface area (Å²) in [6.45, 7) is 7.25. The van der Waals surface area contributed by atoms with E-state index in [2.05, 4.69) is 0 Å². The van der Waals surface area contributed by atoms with Gasteiger partial charge >= 0.3 is 12.1 Å². The lowest BCUT2D eigenvalue weighted by Crippen LogP contribution is -2.57. The number of nitrogens with zero attached hydrogens (tertiary/aromatic N) is 4. The Balaban J connectivity index is 1.23. The van der Waals surface area contributed by atoms with E-state index >= 15 is 0 Å². The number of carbonyl (C=O) groups is 5. The Labute approximate surface area is 253 Å². The Kier molecular flexibility index (Phi) is 9.27. The molecule has 11 nitrogen and oxygen atoms in total. The zero-order chi connectivity index (χ0) is 30.7. The van der Waals surface area contributed by atoms with Gasteiger partial charge in [-0.3, -0.25) is 19.3 Å². The molecule has 4 unspecified atom stereocenters. The minimum atomic E-state index is -0.677. The minimum absolute atomic E-state index is 0.143. The molecule has 11 heteroatoms. The van der Waals surface area contributed by atoms with Gasteiger partial charge in [0.15, 0.2) is 0 Å². The molecule has 4 heterocycles. The maximum absolute atomic E-state index is 13.9. The topological polar surface area (TPSA) is 117 Å². The molecule has 0 bridgehead atoms. The Morgan fingerprint density at radius 3 is 1.56 bits per heavy atom. The van der Waals surface area contributed by atoms with Crippen LogP contribution in [0.1, 0.15) is 77.7 Å². The van der Waals surface area contributed by atoms with Gasteiger partial charge in [0.25, 0.3) is 0 Å². The largest absolute Gasteiger partial charge is 0.459 e. The molecule has 1 aromatic rings. The highest BCUT2D eigenvalue weighted by atomic mass is 16.6. The fourth-order valence-electron chi connectivity index (χ4n) is 6.81. The summed E-state index contributed by atoms with van der Waals surface area (Å²) in [5.41, 5.74) is 0.200. The molecule has 0 spiro atoms. The summed E-state index contributed by atoms with van der Waals surface area (Å²) in [7, 11) is 0. The van der Waals surface area contributed by atoms with Crippen LogP contribution in [0.15, 0.2) is 30.3 Å². The lowest BCUT2D eigenvalue weighted by atomic mass is 10.1. The summed E-state index contributed by atoms with van der Waals surface area (Å²) in [5.74, 6) is -1.12. The van der Waals surface area contributed by atoms with Crippen LogP contribution in [-0.4, -0.2) is 105 Å². The molecule has 4 fully saturated rings. The number of likely N-dealkylation sites (tertiary alicyclic amines) is 4. The first-order valence-electron chi connectivity index (χ1n) is 15.7. The third-order valence-electron chi connectivity index (χ3n) is 8.84. The standard InChI is InChI=1S/C32H44N4O7/c1-32(2,3)43-31(41)36-20-9-15-25(36)29(39)34-18-7-13-23(34)27(37)33-17-8-14-24(33)28(38)35-19-10-16-26(35)30(40)42-21-22-11-5-4-6-12-22/h4-6,11-12,23-26H,7-10,13-21H2,1-3H3. The second-order valence-corrected chi connectivity index (χ2v) is 13.0. The molecule has 1 aromatic carbocycles. The van der Waals surface area contributed by atoms with Gasteiger partial charge in [-0.05, 0) is 77.7 Å². The number of hydrogen-bond acceptors (Lipinski definition) is 7. The van der Waals surface area contributed by atoms with E-state index in [1.165, 1.54) is 4.90 Å². The van der Waals surface area contributed by atoms with Crippen molar-refractivity contribution in [1.29, 1.82) is 0 Å². The first-order valence-corrected chi connectivity index (χ1v) is 15.7. The molecule has 4 atom stereocenters. The van der Waals surface area contributed by atoms with E-state index in [9.17, 15) is 24.0 Å². The van der Waals surface area contributed by atoms with Crippen LogP contribution in [-0.2, 0) is 35.3 Å². The third-order valence-corrected chi connectivity index (χ3v) is 8.84. The Bertz CT molecular complexity index is 1220. The van der Waals surface area contributed by atoms with Gasteiger partial charge in [0, 0.05) is 26.2 Å². The van der Waals surface area contributed by atoms with Gasteiger partial charge in [0.05, 0.1) is 0 Å². The van der Waals surface area contributed by atoms with E-state index in [1.54, 1.807) is 35.5 Å². The van der Waals surface area contributed by atoms with Crippen molar-refractivity contribution in [3.8, 4) is 0 Å². The molecule has 234 valence electrons. The monoisotopic (exact) mass is 596 g/mol. The van der Waals surface area contributed by atoms with E-state index in [0.29, 0.717) is 77.5 Å². The van der Waals surface area contributed by atoms with Gasteiger partial charge in [0.1, 0.15) is 36.4 Å². The van der Waals surface area contributed by atoms with E-state index < -0.39 is 41.8 Å². The summed E-state index contributed by atoms with van der Waals surface area (Å²) in [4.78, 5) is 73.6. The smallest absolute Gasteiger partial charge is 0.410 e. The molecule has 5 rings (SSSR count). The number of rotatable bonds is 6. The van der Waals surface area contributed by atoms with Crippen LogP contribution >= 0.6 is 0 Å². The van der Waals surface area contributed by atoms with Crippen molar-refractivity contribution in [1.82, 2.24) is 19.6 Å².